The zero-order chi connectivity index (χ0) is 15.6. The van der Waals surface area contributed by atoms with Gasteiger partial charge in [0.25, 0.3) is 15.7 Å². The monoisotopic (exact) mass is 348 g/mol. The van der Waals surface area contributed by atoms with Gasteiger partial charge >= 0.3 is 0 Å². The summed E-state index contributed by atoms with van der Waals surface area (Å²) < 4.78 is 26.5. The zero-order valence-electron chi connectivity index (χ0n) is 10.0. The molecule has 8 nitrogen and oxygen atoms in total. The number of hydrogen-bond acceptors (Lipinski definition) is 6. The Hall–Kier alpha value is -1.97. The number of nitro benzene ring substituents is 1. The van der Waals surface area contributed by atoms with E-state index in [-0.39, 0.29) is 16.1 Å². The molecule has 0 bridgehead atoms. The van der Waals surface area contributed by atoms with Crippen LogP contribution in [0.5, 0.6) is 0 Å². The van der Waals surface area contributed by atoms with E-state index in [1.807, 2.05) is 0 Å². The highest BCUT2D eigenvalue weighted by Gasteiger charge is 2.22. The molecule has 0 aliphatic rings. The Balaban J connectivity index is 2.44. The zero-order valence-corrected chi connectivity index (χ0v) is 12.4. The summed E-state index contributed by atoms with van der Waals surface area (Å²) in [6.07, 6.45) is 1.25. The maximum atomic E-state index is 12.2. The fourth-order valence-electron chi connectivity index (χ4n) is 1.40. The molecule has 1 aromatic heterocycles. The van der Waals surface area contributed by atoms with Crippen LogP contribution in [0.2, 0.25) is 10.3 Å². The van der Waals surface area contributed by atoms with Crippen molar-refractivity contribution in [1.29, 1.82) is 0 Å². The Labute approximate surface area is 128 Å². The van der Waals surface area contributed by atoms with Crippen molar-refractivity contribution < 1.29 is 13.3 Å². The van der Waals surface area contributed by atoms with E-state index in [1.54, 1.807) is 0 Å². The maximum Gasteiger partial charge on any atom is 0.270 e. The van der Waals surface area contributed by atoms with E-state index in [9.17, 15) is 18.5 Å². The molecule has 0 atom stereocenters. The fraction of sp³-hybridized carbons (Fsp3) is 0. The van der Waals surface area contributed by atoms with Gasteiger partial charge < -0.3 is 0 Å². The molecule has 0 radical (unpaired) electrons. The molecule has 21 heavy (non-hydrogen) atoms. The number of nitro groups is 1. The first-order chi connectivity index (χ1) is 9.79. The number of non-ortho nitro benzene ring substituents is 1. The van der Waals surface area contributed by atoms with Crippen LogP contribution in [0.4, 0.5) is 11.5 Å². The predicted octanol–water partition coefficient (Wildman–Crippen LogP) is 2.49. The maximum absolute atomic E-state index is 12.2. The second-order valence-corrected chi connectivity index (χ2v) is 6.08. The Morgan fingerprint density at radius 2 is 1.95 bits per heavy atom. The normalized spacial score (nSPS) is 11.1. The van der Waals surface area contributed by atoms with Gasteiger partial charge in [0.1, 0.15) is 10.7 Å². The van der Waals surface area contributed by atoms with Gasteiger partial charge in [-0.05, 0) is 23.7 Å². The Morgan fingerprint density at radius 1 is 1.24 bits per heavy atom. The van der Waals surface area contributed by atoms with E-state index in [2.05, 4.69) is 14.7 Å². The molecule has 0 spiro atoms. The first-order valence-electron chi connectivity index (χ1n) is 5.25. The minimum absolute atomic E-state index is 0.0856. The van der Waals surface area contributed by atoms with Gasteiger partial charge in [0.15, 0.2) is 0 Å². The van der Waals surface area contributed by atoms with Crippen molar-refractivity contribution in [1.82, 2.24) is 9.97 Å². The molecule has 2 rings (SSSR count). The summed E-state index contributed by atoms with van der Waals surface area (Å²) in [7, 11) is -4.15. The highest BCUT2D eigenvalue weighted by Crippen LogP contribution is 2.27. The molecule has 0 aliphatic carbocycles. The number of anilines is 1. The van der Waals surface area contributed by atoms with Crippen molar-refractivity contribution in [3.8, 4) is 0 Å². The summed E-state index contributed by atoms with van der Waals surface area (Å²) >= 11 is 11.3. The Kier molecular flexibility index (Phi) is 4.26. The van der Waals surface area contributed by atoms with E-state index in [4.69, 9.17) is 23.2 Å². The Bertz CT molecular complexity index is 812. The van der Waals surface area contributed by atoms with Gasteiger partial charge in [0, 0.05) is 18.3 Å². The number of benzene rings is 1. The standard InChI is InChI=1S/C10H6Cl2N4O4S/c11-7-2-1-6(16(17)18)5-8(7)21(19,20)15-9-3-4-13-10(12)14-9/h1-5H,(H,13,14,15). The second kappa shape index (κ2) is 5.80. The summed E-state index contributed by atoms with van der Waals surface area (Å²) in [5.74, 6) is -0.0856. The van der Waals surface area contributed by atoms with Crippen molar-refractivity contribution >= 4 is 44.7 Å². The average molecular weight is 349 g/mol. The summed E-state index contributed by atoms with van der Waals surface area (Å²) in [6.45, 7) is 0. The molecule has 11 heteroatoms. The molecule has 0 fully saturated rings. The second-order valence-electron chi connectivity index (χ2n) is 3.69. The van der Waals surface area contributed by atoms with Gasteiger partial charge in [-0.3, -0.25) is 14.8 Å². The van der Waals surface area contributed by atoms with Crippen molar-refractivity contribution in [2.45, 2.75) is 4.90 Å². The summed E-state index contributed by atoms with van der Waals surface area (Å²) in [6, 6.07) is 4.35. The lowest BCUT2D eigenvalue weighted by Gasteiger charge is -2.08. The van der Waals surface area contributed by atoms with Crippen molar-refractivity contribution in [3.63, 3.8) is 0 Å². The number of sulfonamides is 1. The van der Waals surface area contributed by atoms with Crippen LogP contribution in [0.25, 0.3) is 0 Å². The molecule has 2 aromatic rings. The number of aromatic nitrogens is 2. The molecule has 0 amide bonds. The van der Waals surface area contributed by atoms with Crippen molar-refractivity contribution in [2.75, 3.05) is 4.72 Å². The molecule has 1 heterocycles. The lowest BCUT2D eigenvalue weighted by molar-refractivity contribution is -0.385. The molecule has 110 valence electrons. The van der Waals surface area contributed by atoms with Crippen molar-refractivity contribution in [2.24, 2.45) is 0 Å². The predicted molar refractivity (Wildman–Crippen MR) is 76.0 cm³/mol. The number of halogens is 2. The molecule has 0 saturated carbocycles. The van der Waals surface area contributed by atoms with Crippen LogP contribution in [0, 0.1) is 10.1 Å². The smallest absolute Gasteiger partial charge is 0.263 e. The van der Waals surface area contributed by atoms with Gasteiger partial charge in [-0.25, -0.2) is 13.4 Å². The fourth-order valence-corrected chi connectivity index (χ4v) is 3.07. The van der Waals surface area contributed by atoms with Crippen LogP contribution in [-0.2, 0) is 10.0 Å². The molecule has 1 aromatic carbocycles. The summed E-state index contributed by atoms with van der Waals surface area (Å²) in [5, 5.41) is 10.4. The third-order valence-corrected chi connectivity index (χ3v) is 4.30. The Morgan fingerprint density at radius 3 is 2.57 bits per heavy atom. The molecular weight excluding hydrogens is 343 g/mol. The molecule has 0 saturated heterocycles. The van der Waals surface area contributed by atoms with Crippen LogP contribution in [0.15, 0.2) is 35.4 Å². The van der Waals surface area contributed by atoms with E-state index < -0.39 is 25.5 Å². The van der Waals surface area contributed by atoms with Crippen LogP contribution >= 0.6 is 23.2 Å². The van der Waals surface area contributed by atoms with Gasteiger partial charge in [0.05, 0.1) is 9.95 Å². The summed E-state index contributed by atoms with van der Waals surface area (Å²) in [4.78, 5) is 16.8. The van der Waals surface area contributed by atoms with Crippen LogP contribution in [-0.4, -0.2) is 23.3 Å². The molecule has 0 unspecified atom stereocenters. The van der Waals surface area contributed by atoms with E-state index >= 15 is 0 Å². The van der Waals surface area contributed by atoms with Crippen LogP contribution in [0.3, 0.4) is 0 Å². The third-order valence-electron chi connectivity index (χ3n) is 2.28. The largest absolute Gasteiger partial charge is 0.270 e. The molecular formula is C10H6Cl2N4O4S. The highest BCUT2D eigenvalue weighted by molar-refractivity contribution is 7.92. The highest BCUT2D eigenvalue weighted by atomic mass is 35.5. The minimum atomic E-state index is -4.15. The third kappa shape index (κ3) is 3.57. The molecule has 1 N–H and O–H groups in total. The average Bonchev–Trinajstić information content (AvgIpc) is 2.38. The van der Waals surface area contributed by atoms with Gasteiger partial charge in [-0.15, -0.1) is 0 Å². The van der Waals surface area contributed by atoms with Crippen molar-refractivity contribution in [3.05, 3.63) is 50.9 Å². The van der Waals surface area contributed by atoms with E-state index in [0.717, 1.165) is 18.2 Å². The minimum Gasteiger partial charge on any atom is -0.263 e. The SMILES string of the molecule is O=[N+]([O-])c1ccc(Cl)c(S(=O)(=O)Nc2ccnc(Cl)n2)c1. The lowest BCUT2D eigenvalue weighted by Crippen LogP contribution is -2.15. The number of nitrogens with one attached hydrogen (secondary N) is 1. The van der Waals surface area contributed by atoms with Gasteiger partial charge in [-0.1, -0.05) is 11.6 Å². The number of rotatable bonds is 4. The number of hydrogen-bond donors (Lipinski definition) is 1. The van der Waals surface area contributed by atoms with E-state index in [1.165, 1.54) is 12.3 Å². The van der Waals surface area contributed by atoms with Crippen LogP contribution < -0.4 is 4.72 Å². The van der Waals surface area contributed by atoms with Gasteiger partial charge in [-0.2, -0.15) is 4.98 Å². The van der Waals surface area contributed by atoms with Gasteiger partial charge in [0.2, 0.25) is 5.28 Å². The summed E-state index contributed by atoms with van der Waals surface area (Å²) in [5.41, 5.74) is -0.402. The number of nitrogens with zero attached hydrogens (tertiary/aromatic N) is 3. The first kappa shape index (κ1) is 15.4. The van der Waals surface area contributed by atoms with E-state index in [0.29, 0.717) is 0 Å². The van der Waals surface area contributed by atoms with Crippen LogP contribution in [0.1, 0.15) is 0 Å². The topological polar surface area (TPSA) is 115 Å². The molecule has 0 aliphatic heterocycles. The first-order valence-corrected chi connectivity index (χ1v) is 7.49. The lowest BCUT2D eigenvalue weighted by atomic mass is 10.3. The quantitative estimate of drug-likeness (QED) is 0.515.